The topological polar surface area (TPSA) is 93.0 Å². The summed E-state index contributed by atoms with van der Waals surface area (Å²) in [6.45, 7) is 1.00. The normalized spacial score (nSPS) is 11.2. The number of rotatable bonds is 12. The molecule has 1 heterocycles. The zero-order valence-corrected chi connectivity index (χ0v) is 23.9. The van der Waals surface area contributed by atoms with Gasteiger partial charge in [0.15, 0.2) is 11.6 Å². The van der Waals surface area contributed by atoms with Crippen LogP contribution >= 0.6 is 0 Å². The van der Waals surface area contributed by atoms with Crippen LogP contribution in [0.3, 0.4) is 0 Å². The van der Waals surface area contributed by atoms with Crippen molar-refractivity contribution < 1.29 is 9.47 Å². The van der Waals surface area contributed by atoms with Crippen LogP contribution in [0, 0.1) is 0 Å². The van der Waals surface area contributed by atoms with Crippen molar-refractivity contribution in [3.63, 3.8) is 0 Å². The van der Waals surface area contributed by atoms with Crippen LogP contribution in [0.2, 0.25) is 0 Å². The number of ether oxygens (including phenoxy) is 2. The van der Waals surface area contributed by atoms with E-state index in [2.05, 4.69) is 31.3 Å². The first-order chi connectivity index (χ1) is 21.8. The number of anilines is 2. The Hall–Kier alpha value is -6.02. The van der Waals surface area contributed by atoms with Gasteiger partial charge in [-0.3, -0.25) is 10.9 Å². The van der Waals surface area contributed by atoms with E-state index in [0.29, 0.717) is 24.8 Å². The van der Waals surface area contributed by atoms with Gasteiger partial charge in [0, 0.05) is 10.8 Å². The molecular weight excluding hydrogens is 548 g/mol. The first-order valence-corrected chi connectivity index (χ1v) is 14.2. The van der Waals surface area contributed by atoms with Crippen LogP contribution in [0.4, 0.5) is 11.6 Å². The minimum absolute atomic E-state index is 0.501. The van der Waals surface area contributed by atoms with Gasteiger partial charge in [-0.2, -0.15) is 10.2 Å². The standard InChI is InChI=1S/C36H30N6O2/c1-3-11-27(12-4-1)25-43-31-17-9-15-29(21-31)23-37-39-35-33-19-7-8-20-34(33)36(42-41-35)40-38-24-30-16-10-18-32(22-30)44-26-28-13-5-2-6-14-28/h1-24H,25-26H2,(H,39,41)(H,40,42)/b37-23+,38-24+. The summed E-state index contributed by atoms with van der Waals surface area (Å²) in [6.07, 6.45) is 3.44. The van der Waals surface area contributed by atoms with Crippen LogP contribution in [-0.2, 0) is 13.2 Å². The first-order valence-electron chi connectivity index (χ1n) is 14.2. The highest BCUT2D eigenvalue weighted by molar-refractivity contribution is 5.98. The quantitative estimate of drug-likeness (QED) is 0.114. The minimum atomic E-state index is 0.501. The van der Waals surface area contributed by atoms with Crippen molar-refractivity contribution in [2.45, 2.75) is 13.2 Å². The molecule has 0 spiro atoms. The van der Waals surface area contributed by atoms with Gasteiger partial charge in [-0.25, -0.2) is 0 Å². The molecule has 6 aromatic rings. The highest BCUT2D eigenvalue weighted by atomic mass is 16.5. The molecule has 0 saturated carbocycles. The number of fused-ring (bicyclic) bond motifs is 1. The predicted molar refractivity (Wildman–Crippen MR) is 176 cm³/mol. The molecular formula is C36H30N6O2. The minimum Gasteiger partial charge on any atom is -0.489 e. The zero-order valence-electron chi connectivity index (χ0n) is 23.9. The molecule has 0 unspecified atom stereocenters. The van der Waals surface area contributed by atoms with Crippen molar-refractivity contribution >= 4 is 34.8 Å². The van der Waals surface area contributed by atoms with Gasteiger partial charge < -0.3 is 9.47 Å². The second kappa shape index (κ2) is 14.2. The van der Waals surface area contributed by atoms with E-state index < -0.39 is 0 Å². The lowest BCUT2D eigenvalue weighted by Gasteiger charge is -2.08. The number of nitrogens with zero attached hydrogens (tertiary/aromatic N) is 4. The first kappa shape index (κ1) is 28.1. The van der Waals surface area contributed by atoms with Gasteiger partial charge in [0.2, 0.25) is 0 Å². The second-order valence-corrected chi connectivity index (χ2v) is 9.88. The largest absolute Gasteiger partial charge is 0.489 e. The maximum atomic E-state index is 5.93. The summed E-state index contributed by atoms with van der Waals surface area (Å²) in [7, 11) is 0. The van der Waals surface area contributed by atoms with E-state index in [0.717, 1.165) is 44.5 Å². The fourth-order valence-electron chi connectivity index (χ4n) is 4.46. The van der Waals surface area contributed by atoms with Crippen molar-refractivity contribution in [1.29, 1.82) is 0 Å². The highest BCUT2D eigenvalue weighted by Crippen LogP contribution is 2.26. The number of nitrogens with one attached hydrogen (secondary N) is 2. The number of hydrogen-bond acceptors (Lipinski definition) is 8. The fourth-order valence-corrected chi connectivity index (χ4v) is 4.46. The van der Waals surface area contributed by atoms with Gasteiger partial charge in [0.05, 0.1) is 12.4 Å². The molecule has 0 saturated heterocycles. The molecule has 0 aliphatic rings. The van der Waals surface area contributed by atoms with Crippen LogP contribution in [0.15, 0.2) is 144 Å². The molecule has 8 heteroatoms. The van der Waals surface area contributed by atoms with E-state index in [1.54, 1.807) is 12.4 Å². The van der Waals surface area contributed by atoms with Crippen LogP contribution in [0.5, 0.6) is 11.5 Å². The van der Waals surface area contributed by atoms with E-state index in [9.17, 15) is 0 Å². The van der Waals surface area contributed by atoms with Crippen LogP contribution < -0.4 is 20.3 Å². The third-order valence-electron chi connectivity index (χ3n) is 6.67. The Morgan fingerprint density at radius 1 is 0.500 bits per heavy atom. The van der Waals surface area contributed by atoms with Crippen LogP contribution in [0.1, 0.15) is 22.3 Å². The maximum Gasteiger partial charge on any atom is 0.176 e. The molecule has 5 aromatic carbocycles. The Morgan fingerprint density at radius 3 is 1.39 bits per heavy atom. The van der Waals surface area contributed by atoms with Gasteiger partial charge in [0.1, 0.15) is 24.7 Å². The van der Waals surface area contributed by atoms with E-state index in [1.807, 2.05) is 133 Å². The summed E-state index contributed by atoms with van der Waals surface area (Å²) in [4.78, 5) is 0. The van der Waals surface area contributed by atoms with E-state index in [4.69, 9.17) is 9.47 Å². The molecule has 44 heavy (non-hydrogen) atoms. The smallest absolute Gasteiger partial charge is 0.176 e. The summed E-state index contributed by atoms with van der Waals surface area (Å²) < 4.78 is 11.9. The van der Waals surface area contributed by atoms with Crippen molar-refractivity contribution in [3.8, 4) is 11.5 Å². The molecule has 0 amide bonds. The molecule has 0 radical (unpaired) electrons. The molecule has 0 aliphatic heterocycles. The van der Waals surface area contributed by atoms with E-state index >= 15 is 0 Å². The zero-order chi connectivity index (χ0) is 29.8. The number of hydrazone groups is 2. The predicted octanol–water partition coefficient (Wildman–Crippen LogP) is 7.68. The fraction of sp³-hybridized carbons (Fsp3) is 0.0556. The average molecular weight is 579 g/mol. The van der Waals surface area contributed by atoms with Crippen LogP contribution in [-0.4, -0.2) is 22.6 Å². The van der Waals surface area contributed by atoms with Gasteiger partial charge in [0.25, 0.3) is 0 Å². The molecule has 1 aromatic heterocycles. The summed E-state index contributed by atoms with van der Waals surface area (Å²) in [5.41, 5.74) is 10.1. The van der Waals surface area contributed by atoms with Gasteiger partial charge in [-0.15, -0.1) is 10.2 Å². The summed E-state index contributed by atoms with van der Waals surface area (Å²) >= 11 is 0. The number of benzene rings is 5. The van der Waals surface area contributed by atoms with E-state index in [-0.39, 0.29) is 0 Å². The number of aromatic nitrogens is 2. The Balaban J connectivity index is 1.08. The lowest BCUT2D eigenvalue weighted by molar-refractivity contribution is 0.306. The number of hydrogen-bond donors (Lipinski definition) is 2. The Morgan fingerprint density at radius 2 is 0.932 bits per heavy atom. The Labute approximate surface area is 255 Å². The summed E-state index contributed by atoms with van der Waals surface area (Å²) in [5, 5.41) is 19.2. The Bertz CT molecular complexity index is 1740. The van der Waals surface area contributed by atoms with E-state index in [1.165, 1.54) is 0 Å². The van der Waals surface area contributed by atoms with Gasteiger partial charge in [-0.05, 0) is 46.5 Å². The SMILES string of the molecule is C(=N\Nc1nnc(N/N=C/c2cccc(OCc3ccccc3)c2)c2ccccc12)/c1cccc(OCc2ccccc2)c1. The van der Waals surface area contributed by atoms with Gasteiger partial charge in [-0.1, -0.05) is 109 Å². The summed E-state index contributed by atoms with van der Waals surface area (Å²) in [6, 6.07) is 43.5. The monoisotopic (exact) mass is 578 g/mol. The average Bonchev–Trinajstić information content (AvgIpc) is 3.08. The van der Waals surface area contributed by atoms with Crippen molar-refractivity contribution in [3.05, 3.63) is 156 Å². The lowest BCUT2D eigenvalue weighted by Crippen LogP contribution is -2.02. The van der Waals surface area contributed by atoms with Crippen molar-refractivity contribution in [2.24, 2.45) is 10.2 Å². The molecule has 0 atom stereocenters. The van der Waals surface area contributed by atoms with Crippen molar-refractivity contribution in [1.82, 2.24) is 10.2 Å². The maximum absolute atomic E-state index is 5.93. The Kier molecular flexibility index (Phi) is 9.10. The molecule has 0 aliphatic carbocycles. The second-order valence-electron chi connectivity index (χ2n) is 9.88. The lowest BCUT2D eigenvalue weighted by atomic mass is 10.2. The third-order valence-corrected chi connectivity index (χ3v) is 6.67. The highest BCUT2D eigenvalue weighted by Gasteiger charge is 2.08. The molecule has 6 rings (SSSR count). The van der Waals surface area contributed by atoms with Crippen LogP contribution in [0.25, 0.3) is 10.8 Å². The third kappa shape index (κ3) is 7.63. The summed E-state index contributed by atoms with van der Waals surface area (Å²) in [5.74, 6) is 2.60. The van der Waals surface area contributed by atoms with Crippen molar-refractivity contribution in [2.75, 3.05) is 10.9 Å². The molecule has 0 fully saturated rings. The molecule has 2 N–H and O–H groups in total. The molecule has 0 bridgehead atoms. The van der Waals surface area contributed by atoms with Gasteiger partial charge >= 0.3 is 0 Å². The molecule has 8 nitrogen and oxygen atoms in total. The molecule has 216 valence electrons.